The van der Waals surface area contributed by atoms with Crippen LogP contribution in [0.1, 0.15) is 26.7 Å². The van der Waals surface area contributed by atoms with Crippen molar-refractivity contribution >= 4 is 28.3 Å². The molecule has 4 aromatic rings. The molecule has 1 aliphatic carbocycles. The SMILES string of the molecule is COCCNC(=O)C(C)(C)n1cc(-c2cnc3ccc(N(CC4CC4)c4cc(OC)cc(OC)c4)cc3n2)cn1. The van der Waals surface area contributed by atoms with Gasteiger partial charge in [0.25, 0.3) is 0 Å². The Kier molecular flexibility index (Phi) is 7.88. The number of carbonyl (C=O) groups excluding carboxylic acids is 1. The van der Waals surface area contributed by atoms with Crippen molar-refractivity contribution in [2.45, 2.75) is 32.2 Å². The van der Waals surface area contributed by atoms with Crippen molar-refractivity contribution in [2.75, 3.05) is 45.9 Å². The number of fused-ring (bicyclic) bond motifs is 1. The molecule has 0 aliphatic heterocycles. The Morgan fingerprint density at radius 3 is 2.45 bits per heavy atom. The van der Waals surface area contributed by atoms with Gasteiger partial charge in [0, 0.05) is 61.5 Å². The lowest BCUT2D eigenvalue weighted by Gasteiger charge is -2.26. The number of nitrogens with one attached hydrogen (secondary N) is 1. The minimum atomic E-state index is -0.884. The highest BCUT2D eigenvalue weighted by Crippen LogP contribution is 2.38. The molecule has 10 heteroatoms. The van der Waals surface area contributed by atoms with Gasteiger partial charge in [0.1, 0.15) is 17.0 Å². The Hall–Kier alpha value is -4.18. The minimum absolute atomic E-state index is 0.140. The zero-order valence-corrected chi connectivity index (χ0v) is 23.7. The monoisotopic (exact) mass is 544 g/mol. The summed E-state index contributed by atoms with van der Waals surface area (Å²) in [6, 6.07) is 12.1. The van der Waals surface area contributed by atoms with Crippen molar-refractivity contribution < 1.29 is 19.0 Å². The molecule has 1 saturated carbocycles. The number of carbonyl (C=O) groups is 1. The Morgan fingerprint density at radius 2 is 1.77 bits per heavy atom. The molecule has 0 atom stereocenters. The molecule has 1 fully saturated rings. The molecule has 40 heavy (non-hydrogen) atoms. The summed E-state index contributed by atoms with van der Waals surface area (Å²) in [6.07, 6.45) is 7.73. The largest absolute Gasteiger partial charge is 0.497 e. The molecule has 1 amide bonds. The number of benzene rings is 2. The van der Waals surface area contributed by atoms with E-state index < -0.39 is 5.54 Å². The third-order valence-corrected chi connectivity index (χ3v) is 7.22. The number of aromatic nitrogens is 4. The predicted molar refractivity (Wildman–Crippen MR) is 154 cm³/mol. The van der Waals surface area contributed by atoms with Crippen LogP contribution in [0.15, 0.2) is 55.0 Å². The van der Waals surface area contributed by atoms with E-state index in [1.807, 2.05) is 44.3 Å². The number of rotatable bonds is 12. The van der Waals surface area contributed by atoms with E-state index in [0.29, 0.717) is 24.8 Å². The Morgan fingerprint density at radius 1 is 1.02 bits per heavy atom. The number of nitrogens with zero attached hydrogens (tertiary/aromatic N) is 5. The standard InChI is InChI=1S/C30H36N6O4/c1-30(2,29(37)31-10-11-38-3)36-19-21(16-33-36)28-17-32-26-9-8-22(14-27(26)34-28)35(18-20-6-7-20)23-12-24(39-4)15-25(13-23)40-5/h8-9,12-17,19-20H,6-7,10-11,18H2,1-5H3,(H,31,37). The lowest BCUT2D eigenvalue weighted by molar-refractivity contribution is -0.129. The summed E-state index contributed by atoms with van der Waals surface area (Å²) in [5.41, 5.74) is 4.17. The fourth-order valence-corrected chi connectivity index (χ4v) is 4.52. The van der Waals surface area contributed by atoms with Crippen LogP contribution in [-0.2, 0) is 15.1 Å². The van der Waals surface area contributed by atoms with Gasteiger partial charge in [0.15, 0.2) is 0 Å². The summed E-state index contributed by atoms with van der Waals surface area (Å²) in [5.74, 6) is 1.99. The van der Waals surface area contributed by atoms with E-state index in [0.717, 1.165) is 46.0 Å². The quantitative estimate of drug-likeness (QED) is 0.259. The fraction of sp³-hybridized carbons (Fsp3) is 0.400. The van der Waals surface area contributed by atoms with Crippen LogP contribution in [0.2, 0.25) is 0 Å². The second-order valence-corrected chi connectivity index (χ2v) is 10.5. The van der Waals surface area contributed by atoms with Crippen LogP contribution in [0, 0.1) is 5.92 Å². The van der Waals surface area contributed by atoms with Crippen molar-refractivity contribution in [2.24, 2.45) is 5.92 Å². The van der Waals surface area contributed by atoms with Crippen molar-refractivity contribution in [3.63, 3.8) is 0 Å². The van der Waals surface area contributed by atoms with Crippen molar-refractivity contribution in [1.82, 2.24) is 25.1 Å². The first-order valence-corrected chi connectivity index (χ1v) is 13.4. The van der Waals surface area contributed by atoms with Gasteiger partial charge in [0.05, 0.1) is 49.9 Å². The molecular formula is C30H36N6O4. The maximum Gasteiger partial charge on any atom is 0.247 e. The third-order valence-electron chi connectivity index (χ3n) is 7.22. The van der Waals surface area contributed by atoms with E-state index in [2.05, 4.69) is 32.4 Å². The Balaban J connectivity index is 1.46. The Bertz CT molecular complexity index is 1470. The van der Waals surface area contributed by atoms with Crippen LogP contribution in [0.5, 0.6) is 11.5 Å². The van der Waals surface area contributed by atoms with Gasteiger partial charge in [-0.1, -0.05) is 0 Å². The predicted octanol–water partition coefficient (Wildman–Crippen LogP) is 4.56. The molecule has 210 valence electrons. The highest BCUT2D eigenvalue weighted by molar-refractivity contribution is 5.84. The highest BCUT2D eigenvalue weighted by atomic mass is 16.5. The lowest BCUT2D eigenvalue weighted by atomic mass is 10.1. The molecule has 10 nitrogen and oxygen atoms in total. The van der Waals surface area contributed by atoms with E-state index in [1.165, 1.54) is 12.8 Å². The number of amides is 1. The second kappa shape index (κ2) is 11.5. The molecule has 0 saturated heterocycles. The van der Waals surface area contributed by atoms with Gasteiger partial charge < -0.3 is 24.4 Å². The first-order valence-electron chi connectivity index (χ1n) is 13.4. The summed E-state index contributed by atoms with van der Waals surface area (Å²) in [4.78, 5) is 24.7. The summed E-state index contributed by atoms with van der Waals surface area (Å²) >= 11 is 0. The van der Waals surface area contributed by atoms with Gasteiger partial charge in [-0.25, -0.2) is 4.98 Å². The number of hydrogen-bond donors (Lipinski definition) is 1. The maximum absolute atomic E-state index is 12.8. The van der Waals surface area contributed by atoms with Gasteiger partial charge in [0.2, 0.25) is 5.91 Å². The number of hydrogen-bond acceptors (Lipinski definition) is 8. The average Bonchev–Trinajstić information content (AvgIpc) is 3.66. The molecule has 1 N–H and O–H groups in total. The van der Waals surface area contributed by atoms with Crippen LogP contribution in [-0.4, -0.2) is 66.7 Å². The lowest BCUT2D eigenvalue weighted by Crippen LogP contribution is -2.45. The molecule has 0 unspecified atom stereocenters. The molecule has 2 aromatic heterocycles. The zero-order valence-electron chi connectivity index (χ0n) is 23.7. The molecule has 5 rings (SSSR count). The molecule has 2 heterocycles. The number of anilines is 2. The van der Waals surface area contributed by atoms with E-state index >= 15 is 0 Å². The first kappa shape index (κ1) is 27.4. The van der Waals surface area contributed by atoms with Crippen molar-refractivity contribution in [3.8, 4) is 22.8 Å². The van der Waals surface area contributed by atoms with Crippen LogP contribution in [0.25, 0.3) is 22.3 Å². The summed E-state index contributed by atoms with van der Waals surface area (Å²) < 4.78 is 17.8. The molecule has 0 bridgehead atoms. The summed E-state index contributed by atoms with van der Waals surface area (Å²) in [5, 5.41) is 7.36. The Labute approximate surface area is 234 Å². The van der Waals surface area contributed by atoms with Crippen LogP contribution >= 0.6 is 0 Å². The average molecular weight is 545 g/mol. The normalized spacial score (nSPS) is 13.3. The fourth-order valence-electron chi connectivity index (χ4n) is 4.52. The highest BCUT2D eigenvalue weighted by Gasteiger charge is 2.31. The molecular weight excluding hydrogens is 508 g/mol. The van der Waals surface area contributed by atoms with Gasteiger partial charge >= 0.3 is 0 Å². The second-order valence-electron chi connectivity index (χ2n) is 10.5. The molecule has 0 spiro atoms. The van der Waals surface area contributed by atoms with Gasteiger partial charge in [-0.15, -0.1) is 0 Å². The topological polar surface area (TPSA) is 104 Å². The smallest absolute Gasteiger partial charge is 0.247 e. The van der Waals surface area contributed by atoms with Crippen molar-refractivity contribution in [1.29, 1.82) is 0 Å². The van der Waals surface area contributed by atoms with Crippen molar-refractivity contribution in [3.05, 3.63) is 55.0 Å². The van der Waals surface area contributed by atoms with E-state index in [4.69, 9.17) is 19.2 Å². The zero-order chi connectivity index (χ0) is 28.3. The van der Waals surface area contributed by atoms with E-state index in [-0.39, 0.29) is 5.91 Å². The van der Waals surface area contributed by atoms with Crippen LogP contribution < -0.4 is 19.7 Å². The van der Waals surface area contributed by atoms with Crippen LogP contribution in [0.3, 0.4) is 0 Å². The van der Waals surface area contributed by atoms with Gasteiger partial charge in [-0.3, -0.25) is 14.5 Å². The van der Waals surface area contributed by atoms with E-state index in [9.17, 15) is 4.79 Å². The summed E-state index contributed by atoms with van der Waals surface area (Å²) in [7, 11) is 4.92. The van der Waals surface area contributed by atoms with E-state index in [1.54, 1.807) is 38.4 Å². The number of ether oxygens (including phenoxy) is 3. The molecule has 2 aromatic carbocycles. The minimum Gasteiger partial charge on any atom is -0.497 e. The van der Waals surface area contributed by atoms with Gasteiger partial charge in [-0.2, -0.15) is 5.10 Å². The molecule has 0 radical (unpaired) electrons. The molecule has 1 aliphatic rings. The third kappa shape index (κ3) is 5.86. The summed E-state index contributed by atoms with van der Waals surface area (Å²) in [6.45, 7) is 5.43. The first-order chi connectivity index (χ1) is 19.3. The number of methoxy groups -OCH3 is 3. The van der Waals surface area contributed by atoms with Gasteiger partial charge in [-0.05, 0) is 50.8 Å². The van der Waals surface area contributed by atoms with Crippen LogP contribution in [0.4, 0.5) is 11.4 Å². The maximum atomic E-state index is 12.8.